The molecule has 16 heavy (non-hydrogen) atoms. The van der Waals surface area contributed by atoms with Gasteiger partial charge >= 0.3 is 0 Å². The van der Waals surface area contributed by atoms with Crippen LogP contribution in [-0.2, 0) is 6.54 Å². The van der Waals surface area contributed by atoms with Gasteiger partial charge in [0.2, 0.25) is 0 Å². The molecule has 3 nitrogen and oxygen atoms in total. The van der Waals surface area contributed by atoms with Crippen molar-refractivity contribution < 1.29 is 0 Å². The van der Waals surface area contributed by atoms with Crippen molar-refractivity contribution in [1.82, 2.24) is 9.88 Å². The van der Waals surface area contributed by atoms with Gasteiger partial charge < -0.3 is 10.2 Å². The fourth-order valence-corrected chi connectivity index (χ4v) is 1.69. The molecule has 1 aromatic heterocycles. The number of aromatic nitrogens is 1. The monoisotopic (exact) mass is 221 g/mol. The number of pyridine rings is 1. The zero-order valence-corrected chi connectivity index (χ0v) is 10.7. The number of rotatable bonds is 7. The molecule has 0 saturated heterocycles. The number of nitrogens with zero attached hydrogens (tertiary/aromatic N) is 2. The van der Waals surface area contributed by atoms with Crippen molar-refractivity contribution in [3.05, 3.63) is 23.9 Å². The first-order valence-corrected chi connectivity index (χ1v) is 6.07. The van der Waals surface area contributed by atoms with E-state index in [-0.39, 0.29) is 0 Å². The minimum absolute atomic E-state index is 0.928. The van der Waals surface area contributed by atoms with E-state index >= 15 is 0 Å². The summed E-state index contributed by atoms with van der Waals surface area (Å²) in [5, 5.41) is 3.02. The largest absolute Gasteiger partial charge is 0.373 e. The Bertz CT molecular complexity index is 282. The summed E-state index contributed by atoms with van der Waals surface area (Å²) in [6.07, 6.45) is 5.84. The molecule has 1 N–H and O–H groups in total. The van der Waals surface area contributed by atoms with Gasteiger partial charge in [0.15, 0.2) is 0 Å². The molecule has 0 fully saturated rings. The molecule has 0 aromatic carbocycles. The summed E-state index contributed by atoms with van der Waals surface area (Å²) in [6, 6.07) is 4.16. The van der Waals surface area contributed by atoms with Gasteiger partial charge in [0.1, 0.15) is 5.82 Å². The van der Waals surface area contributed by atoms with E-state index in [1.807, 2.05) is 19.3 Å². The van der Waals surface area contributed by atoms with Crippen molar-refractivity contribution in [2.24, 2.45) is 0 Å². The normalized spacial score (nSPS) is 10.8. The molecule has 0 aliphatic heterocycles. The van der Waals surface area contributed by atoms with Crippen LogP contribution in [0.2, 0.25) is 0 Å². The molecule has 0 unspecified atom stereocenters. The van der Waals surface area contributed by atoms with E-state index in [4.69, 9.17) is 0 Å². The Kier molecular flexibility index (Phi) is 5.86. The molecule has 0 aliphatic rings. The molecule has 0 amide bonds. The minimum atomic E-state index is 0.928. The molecular formula is C13H23N3. The van der Waals surface area contributed by atoms with Gasteiger partial charge in [-0.15, -0.1) is 0 Å². The second-order valence-corrected chi connectivity index (χ2v) is 4.25. The van der Waals surface area contributed by atoms with Gasteiger partial charge in [-0.05, 0) is 31.6 Å². The summed E-state index contributed by atoms with van der Waals surface area (Å²) in [4.78, 5) is 6.66. The second-order valence-electron chi connectivity index (χ2n) is 4.25. The van der Waals surface area contributed by atoms with Gasteiger partial charge in [-0.3, -0.25) is 0 Å². The quantitative estimate of drug-likeness (QED) is 0.718. The van der Waals surface area contributed by atoms with Gasteiger partial charge in [0, 0.05) is 19.8 Å². The Morgan fingerprint density at radius 1 is 1.31 bits per heavy atom. The van der Waals surface area contributed by atoms with Crippen molar-refractivity contribution in [3.63, 3.8) is 0 Å². The standard InChI is InChI=1S/C13H23N3/c1-4-5-6-9-16(3)11-12-7-8-13(14-2)15-10-12/h7-8,10H,4-6,9,11H2,1-3H3,(H,14,15). The molecule has 0 aliphatic carbocycles. The fraction of sp³-hybridized carbons (Fsp3) is 0.615. The maximum absolute atomic E-state index is 4.31. The molecule has 0 spiro atoms. The zero-order chi connectivity index (χ0) is 11.8. The maximum atomic E-state index is 4.31. The molecule has 3 heteroatoms. The summed E-state index contributed by atoms with van der Waals surface area (Å²) >= 11 is 0. The van der Waals surface area contributed by atoms with Crippen LogP contribution >= 0.6 is 0 Å². The van der Waals surface area contributed by atoms with Gasteiger partial charge in [-0.25, -0.2) is 4.98 Å². The van der Waals surface area contributed by atoms with Crippen LogP contribution in [0.15, 0.2) is 18.3 Å². The fourth-order valence-electron chi connectivity index (χ4n) is 1.69. The Morgan fingerprint density at radius 2 is 2.12 bits per heavy atom. The van der Waals surface area contributed by atoms with Gasteiger partial charge in [-0.2, -0.15) is 0 Å². The lowest BCUT2D eigenvalue weighted by Crippen LogP contribution is -2.19. The third kappa shape index (κ3) is 4.62. The van der Waals surface area contributed by atoms with Crippen LogP contribution < -0.4 is 5.32 Å². The third-order valence-electron chi connectivity index (χ3n) is 2.68. The zero-order valence-electron chi connectivity index (χ0n) is 10.7. The molecule has 1 rings (SSSR count). The van der Waals surface area contributed by atoms with Crippen LogP contribution in [0.25, 0.3) is 0 Å². The van der Waals surface area contributed by atoms with Crippen LogP contribution in [0.4, 0.5) is 5.82 Å². The van der Waals surface area contributed by atoms with Crippen molar-refractivity contribution >= 4 is 5.82 Å². The highest BCUT2D eigenvalue weighted by Crippen LogP contribution is 2.07. The number of anilines is 1. The average Bonchev–Trinajstić information content (AvgIpc) is 2.30. The molecular weight excluding hydrogens is 198 g/mol. The van der Waals surface area contributed by atoms with Gasteiger partial charge in [-0.1, -0.05) is 25.8 Å². The first-order valence-electron chi connectivity index (χ1n) is 6.07. The summed E-state index contributed by atoms with van der Waals surface area (Å²) in [5.41, 5.74) is 1.28. The average molecular weight is 221 g/mol. The van der Waals surface area contributed by atoms with E-state index in [9.17, 15) is 0 Å². The van der Waals surface area contributed by atoms with E-state index in [0.717, 1.165) is 12.4 Å². The summed E-state index contributed by atoms with van der Waals surface area (Å²) in [7, 11) is 4.06. The highest BCUT2D eigenvalue weighted by atomic mass is 15.1. The number of unbranched alkanes of at least 4 members (excludes halogenated alkanes) is 2. The van der Waals surface area contributed by atoms with Gasteiger partial charge in [0.25, 0.3) is 0 Å². The molecule has 0 bridgehead atoms. The lowest BCUT2D eigenvalue weighted by atomic mass is 10.2. The van der Waals surface area contributed by atoms with Crippen molar-refractivity contribution in [2.75, 3.05) is 26.0 Å². The van der Waals surface area contributed by atoms with Crippen molar-refractivity contribution in [2.45, 2.75) is 32.7 Å². The molecule has 0 atom stereocenters. The number of hydrogen-bond acceptors (Lipinski definition) is 3. The first kappa shape index (κ1) is 13.0. The van der Waals surface area contributed by atoms with Crippen molar-refractivity contribution in [1.29, 1.82) is 0 Å². The molecule has 1 aromatic rings. The molecule has 0 radical (unpaired) electrons. The summed E-state index contributed by atoms with van der Waals surface area (Å²) in [5.74, 6) is 0.928. The predicted octanol–water partition coefficient (Wildman–Crippen LogP) is 2.75. The van der Waals surface area contributed by atoms with E-state index in [1.54, 1.807) is 0 Å². The SMILES string of the molecule is CCCCCN(C)Cc1ccc(NC)nc1. The first-order chi connectivity index (χ1) is 7.76. The highest BCUT2D eigenvalue weighted by molar-refractivity contribution is 5.34. The number of nitrogens with one attached hydrogen (secondary N) is 1. The van der Waals surface area contributed by atoms with Crippen LogP contribution in [0.5, 0.6) is 0 Å². The second kappa shape index (κ2) is 7.23. The van der Waals surface area contributed by atoms with Gasteiger partial charge in [0.05, 0.1) is 0 Å². The van der Waals surface area contributed by atoms with Crippen LogP contribution in [-0.4, -0.2) is 30.5 Å². The Hall–Kier alpha value is -1.09. The lowest BCUT2D eigenvalue weighted by molar-refractivity contribution is 0.318. The molecule has 1 heterocycles. The predicted molar refractivity (Wildman–Crippen MR) is 69.6 cm³/mol. The van der Waals surface area contributed by atoms with E-state index in [2.05, 4.69) is 35.2 Å². The van der Waals surface area contributed by atoms with E-state index in [1.165, 1.54) is 31.4 Å². The summed E-state index contributed by atoms with van der Waals surface area (Å²) in [6.45, 7) is 4.39. The Labute approximate surface area is 98.9 Å². The maximum Gasteiger partial charge on any atom is 0.125 e. The molecule has 90 valence electrons. The Morgan fingerprint density at radius 3 is 2.69 bits per heavy atom. The van der Waals surface area contributed by atoms with Crippen LogP contribution in [0.3, 0.4) is 0 Å². The highest BCUT2D eigenvalue weighted by Gasteiger charge is 2.00. The van der Waals surface area contributed by atoms with Crippen LogP contribution in [0.1, 0.15) is 31.7 Å². The van der Waals surface area contributed by atoms with E-state index in [0.29, 0.717) is 0 Å². The lowest BCUT2D eigenvalue weighted by Gasteiger charge is -2.16. The minimum Gasteiger partial charge on any atom is -0.373 e. The smallest absolute Gasteiger partial charge is 0.125 e. The third-order valence-corrected chi connectivity index (χ3v) is 2.68. The van der Waals surface area contributed by atoms with E-state index < -0.39 is 0 Å². The topological polar surface area (TPSA) is 28.2 Å². The number of hydrogen-bond donors (Lipinski definition) is 1. The molecule has 0 saturated carbocycles. The van der Waals surface area contributed by atoms with Crippen LogP contribution in [0, 0.1) is 0 Å². The Balaban J connectivity index is 2.34. The van der Waals surface area contributed by atoms with Crippen molar-refractivity contribution in [3.8, 4) is 0 Å². The summed E-state index contributed by atoms with van der Waals surface area (Å²) < 4.78 is 0.